The van der Waals surface area contributed by atoms with E-state index < -0.39 is 0 Å². The van der Waals surface area contributed by atoms with Crippen molar-refractivity contribution in [3.63, 3.8) is 0 Å². The van der Waals surface area contributed by atoms with Crippen LogP contribution in [0.2, 0.25) is 0 Å². The molecule has 24 heavy (non-hydrogen) atoms. The predicted molar refractivity (Wildman–Crippen MR) is 98.5 cm³/mol. The summed E-state index contributed by atoms with van der Waals surface area (Å²) in [5, 5.41) is 4.26. The van der Waals surface area contributed by atoms with Crippen molar-refractivity contribution in [3.8, 4) is 5.75 Å². The summed E-state index contributed by atoms with van der Waals surface area (Å²) in [6.45, 7) is 7.02. The highest BCUT2D eigenvalue weighted by molar-refractivity contribution is 7.80. The Morgan fingerprint density at radius 3 is 2.96 bits per heavy atom. The Morgan fingerprint density at radius 2 is 2.25 bits per heavy atom. The van der Waals surface area contributed by atoms with Crippen molar-refractivity contribution in [2.45, 2.75) is 25.5 Å². The maximum Gasteiger partial charge on any atom is 0.169 e. The number of ether oxygens (including phenoxy) is 2. The van der Waals surface area contributed by atoms with Gasteiger partial charge >= 0.3 is 0 Å². The van der Waals surface area contributed by atoms with Gasteiger partial charge in [0.05, 0.1) is 39.4 Å². The van der Waals surface area contributed by atoms with Gasteiger partial charge in [0.1, 0.15) is 12.3 Å². The van der Waals surface area contributed by atoms with Gasteiger partial charge in [-0.3, -0.25) is 0 Å². The fourth-order valence-corrected chi connectivity index (χ4v) is 3.66. The van der Waals surface area contributed by atoms with Crippen LogP contribution in [0.3, 0.4) is 0 Å². The molecule has 0 radical (unpaired) electrons. The lowest BCUT2D eigenvalue weighted by Crippen LogP contribution is -3.13. The quantitative estimate of drug-likeness (QED) is 0.755. The molecule has 2 aliphatic rings. The van der Waals surface area contributed by atoms with Crippen LogP contribution in [-0.4, -0.2) is 62.6 Å². The largest absolute Gasteiger partial charge is 0.497 e. The molecule has 0 amide bonds. The Balaban J connectivity index is 1.40. The van der Waals surface area contributed by atoms with E-state index in [4.69, 9.17) is 21.7 Å². The third-order valence-corrected chi connectivity index (χ3v) is 5.25. The molecule has 2 saturated heterocycles. The van der Waals surface area contributed by atoms with Gasteiger partial charge < -0.3 is 24.6 Å². The Bertz CT molecular complexity index is 541. The van der Waals surface area contributed by atoms with Crippen molar-refractivity contribution in [3.05, 3.63) is 29.8 Å². The van der Waals surface area contributed by atoms with E-state index in [1.807, 2.05) is 6.07 Å². The zero-order valence-electron chi connectivity index (χ0n) is 14.4. The fourth-order valence-electron chi connectivity index (χ4n) is 3.39. The minimum atomic E-state index is 0.336. The highest BCUT2D eigenvalue weighted by Crippen LogP contribution is 2.12. The minimum absolute atomic E-state index is 0.336. The van der Waals surface area contributed by atoms with E-state index in [-0.39, 0.29) is 0 Å². The zero-order valence-corrected chi connectivity index (χ0v) is 15.2. The highest BCUT2D eigenvalue weighted by Gasteiger charge is 2.23. The molecule has 0 aromatic heterocycles. The molecule has 1 aromatic rings. The van der Waals surface area contributed by atoms with Crippen molar-refractivity contribution in [2.75, 3.05) is 46.4 Å². The summed E-state index contributed by atoms with van der Waals surface area (Å²) in [6, 6.07) is 8.37. The van der Waals surface area contributed by atoms with Crippen LogP contribution in [0.25, 0.3) is 0 Å². The first-order valence-corrected chi connectivity index (χ1v) is 9.26. The number of hydrogen-bond donors (Lipinski definition) is 2. The van der Waals surface area contributed by atoms with Gasteiger partial charge in [-0.1, -0.05) is 12.1 Å². The minimum Gasteiger partial charge on any atom is -0.497 e. The monoisotopic (exact) mass is 350 g/mol. The number of nitrogens with zero attached hydrogens (tertiary/aromatic N) is 1. The molecule has 132 valence electrons. The summed E-state index contributed by atoms with van der Waals surface area (Å²) in [4.78, 5) is 3.89. The Labute approximate surface area is 149 Å². The van der Waals surface area contributed by atoms with Crippen LogP contribution in [0.4, 0.5) is 0 Å². The van der Waals surface area contributed by atoms with Crippen LogP contribution < -0.4 is 15.0 Å². The van der Waals surface area contributed by atoms with Crippen LogP contribution in [0.5, 0.6) is 5.75 Å². The molecule has 0 aliphatic carbocycles. The van der Waals surface area contributed by atoms with Crippen LogP contribution >= 0.6 is 12.2 Å². The van der Waals surface area contributed by atoms with Crippen LogP contribution in [0.15, 0.2) is 24.3 Å². The molecule has 0 unspecified atom stereocenters. The Morgan fingerprint density at radius 1 is 1.42 bits per heavy atom. The molecule has 0 spiro atoms. The van der Waals surface area contributed by atoms with Crippen LogP contribution in [-0.2, 0) is 11.3 Å². The number of piperazine rings is 1. The second-order valence-electron chi connectivity index (χ2n) is 6.59. The molecule has 1 atom stereocenters. The average molecular weight is 351 g/mol. The van der Waals surface area contributed by atoms with E-state index in [2.05, 4.69) is 28.4 Å². The average Bonchev–Trinajstić information content (AvgIpc) is 3.14. The topological polar surface area (TPSA) is 38.2 Å². The summed E-state index contributed by atoms with van der Waals surface area (Å²) in [5.74, 6) is 0.935. The summed E-state index contributed by atoms with van der Waals surface area (Å²) in [7, 11) is 1.72. The van der Waals surface area contributed by atoms with Crippen LogP contribution in [0.1, 0.15) is 18.4 Å². The number of quaternary nitrogens is 1. The van der Waals surface area contributed by atoms with E-state index >= 15 is 0 Å². The van der Waals surface area contributed by atoms with Crippen LogP contribution in [0, 0.1) is 0 Å². The lowest BCUT2D eigenvalue weighted by Gasteiger charge is -2.34. The number of methoxy groups -OCH3 is 1. The first kappa shape index (κ1) is 17.5. The number of rotatable bonds is 5. The van der Waals surface area contributed by atoms with Crippen molar-refractivity contribution in [2.24, 2.45) is 0 Å². The van der Waals surface area contributed by atoms with E-state index in [1.54, 1.807) is 12.0 Å². The third-order valence-electron chi connectivity index (χ3n) is 4.85. The normalized spacial score (nSPS) is 21.7. The first-order valence-electron chi connectivity index (χ1n) is 8.85. The Kier molecular flexibility index (Phi) is 6.29. The molecule has 3 rings (SSSR count). The lowest BCUT2D eigenvalue weighted by atomic mass is 10.2. The first-order chi connectivity index (χ1) is 11.7. The molecule has 5 nitrogen and oxygen atoms in total. The van der Waals surface area contributed by atoms with E-state index in [1.165, 1.54) is 12.0 Å². The van der Waals surface area contributed by atoms with Crippen molar-refractivity contribution in [1.82, 2.24) is 10.2 Å². The molecule has 0 bridgehead atoms. The van der Waals surface area contributed by atoms with Gasteiger partial charge in [-0.05, 0) is 37.2 Å². The number of hydrogen-bond acceptors (Lipinski definition) is 3. The van der Waals surface area contributed by atoms with Crippen molar-refractivity contribution < 1.29 is 14.4 Å². The SMILES string of the molecule is COc1cccc(C[NH+]2CCN(C(=S)NC[C@H]3CCCO3)CC2)c1. The number of nitrogens with one attached hydrogen (secondary N) is 2. The Hall–Kier alpha value is -1.37. The van der Waals surface area contributed by atoms with Gasteiger partial charge in [0.2, 0.25) is 0 Å². The fraction of sp³-hybridized carbons (Fsp3) is 0.611. The smallest absolute Gasteiger partial charge is 0.169 e. The maximum absolute atomic E-state index is 5.64. The molecule has 6 heteroatoms. The second kappa shape index (κ2) is 8.65. The van der Waals surface area contributed by atoms with E-state index in [9.17, 15) is 0 Å². The summed E-state index contributed by atoms with van der Waals surface area (Å²) < 4.78 is 10.9. The maximum atomic E-state index is 5.64. The molecular weight excluding hydrogens is 322 g/mol. The van der Waals surface area contributed by atoms with E-state index in [0.717, 1.165) is 63.2 Å². The molecule has 0 saturated carbocycles. The molecule has 2 heterocycles. The second-order valence-corrected chi connectivity index (χ2v) is 6.97. The van der Waals surface area contributed by atoms with Crippen molar-refractivity contribution >= 4 is 17.3 Å². The predicted octanol–water partition coefficient (Wildman–Crippen LogP) is 0.449. The molecule has 2 aliphatic heterocycles. The standard InChI is InChI=1S/C18H27N3O2S/c1-22-16-5-2-4-15(12-16)14-20-7-9-21(10-8-20)18(24)19-13-17-6-3-11-23-17/h2,4-5,12,17H,3,6-11,13-14H2,1H3,(H,19,24)/p+1/t17-/m1/s1. The van der Waals surface area contributed by atoms with Gasteiger partial charge in [0.15, 0.2) is 5.11 Å². The molecule has 2 N–H and O–H groups in total. The summed E-state index contributed by atoms with van der Waals surface area (Å²) in [6.07, 6.45) is 2.65. The number of benzene rings is 1. The van der Waals surface area contributed by atoms with Gasteiger partial charge in [-0.25, -0.2) is 0 Å². The van der Waals surface area contributed by atoms with Gasteiger partial charge in [-0.15, -0.1) is 0 Å². The van der Waals surface area contributed by atoms with Gasteiger partial charge in [0, 0.05) is 18.7 Å². The summed E-state index contributed by atoms with van der Waals surface area (Å²) in [5.41, 5.74) is 1.33. The van der Waals surface area contributed by atoms with Gasteiger partial charge in [-0.2, -0.15) is 0 Å². The number of thiocarbonyl (C=S) groups is 1. The molecule has 1 aromatic carbocycles. The van der Waals surface area contributed by atoms with Gasteiger partial charge in [0.25, 0.3) is 0 Å². The van der Waals surface area contributed by atoms with E-state index in [0.29, 0.717) is 6.10 Å². The van der Waals surface area contributed by atoms with Crippen molar-refractivity contribution in [1.29, 1.82) is 0 Å². The zero-order chi connectivity index (χ0) is 16.8. The lowest BCUT2D eigenvalue weighted by molar-refractivity contribution is -0.917. The molecule has 2 fully saturated rings. The highest BCUT2D eigenvalue weighted by atomic mass is 32.1. The molecular formula is C18H28N3O2S+. The third kappa shape index (κ3) is 4.82. The summed E-state index contributed by atoms with van der Waals surface area (Å²) >= 11 is 5.54.